The van der Waals surface area contributed by atoms with Crippen molar-refractivity contribution in [2.24, 2.45) is 0 Å². The third-order valence-corrected chi connectivity index (χ3v) is 2.54. The van der Waals surface area contributed by atoms with Crippen LogP contribution in [0.3, 0.4) is 0 Å². The van der Waals surface area contributed by atoms with E-state index >= 15 is 0 Å². The van der Waals surface area contributed by atoms with Gasteiger partial charge in [0.05, 0.1) is 17.4 Å². The zero-order chi connectivity index (χ0) is 12.4. The van der Waals surface area contributed by atoms with Gasteiger partial charge in [-0.2, -0.15) is 5.10 Å². The van der Waals surface area contributed by atoms with Gasteiger partial charge in [-0.05, 0) is 18.2 Å². The zero-order valence-electron chi connectivity index (χ0n) is 9.56. The Balaban J connectivity index is 2.00. The molecule has 0 spiro atoms. The molecule has 0 aliphatic rings. The highest BCUT2D eigenvalue weighted by Gasteiger charge is 2.05. The highest BCUT2D eigenvalue weighted by Crippen LogP contribution is 2.16. The SMILES string of the molecule is Nc1ccnc(-c2cnn(-c3ccccc3)c2)n1. The fraction of sp³-hybridized carbons (Fsp3) is 0. The number of aromatic nitrogens is 4. The zero-order valence-corrected chi connectivity index (χ0v) is 9.56. The molecule has 0 saturated carbocycles. The van der Waals surface area contributed by atoms with E-state index in [0.717, 1.165) is 11.3 Å². The number of rotatable bonds is 2. The Bertz CT molecular complexity index is 660. The summed E-state index contributed by atoms with van der Waals surface area (Å²) in [6.45, 7) is 0. The highest BCUT2D eigenvalue weighted by molar-refractivity contribution is 5.54. The predicted octanol–water partition coefficient (Wildman–Crippen LogP) is 1.91. The van der Waals surface area contributed by atoms with Crippen molar-refractivity contribution in [3.63, 3.8) is 0 Å². The first-order valence-corrected chi connectivity index (χ1v) is 5.52. The fourth-order valence-electron chi connectivity index (χ4n) is 1.67. The van der Waals surface area contributed by atoms with E-state index in [9.17, 15) is 0 Å². The Morgan fingerprint density at radius 1 is 1.06 bits per heavy atom. The van der Waals surface area contributed by atoms with Crippen molar-refractivity contribution in [1.82, 2.24) is 19.7 Å². The van der Waals surface area contributed by atoms with Gasteiger partial charge in [0.25, 0.3) is 0 Å². The number of hydrogen-bond acceptors (Lipinski definition) is 4. The maximum atomic E-state index is 5.64. The van der Waals surface area contributed by atoms with E-state index in [2.05, 4.69) is 15.1 Å². The second-order valence-corrected chi connectivity index (χ2v) is 3.81. The summed E-state index contributed by atoms with van der Waals surface area (Å²) in [5.41, 5.74) is 7.47. The van der Waals surface area contributed by atoms with Gasteiger partial charge in [-0.3, -0.25) is 0 Å². The van der Waals surface area contributed by atoms with Crippen molar-refractivity contribution in [2.45, 2.75) is 0 Å². The van der Waals surface area contributed by atoms with Crippen LogP contribution in [0.4, 0.5) is 5.82 Å². The van der Waals surface area contributed by atoms with E-state index in [1.54, 1.807) is 23.1 Å². The van der Waals surface area contributed by atoms with Crippen molar-refractivity contribution in [3.8, 4) is 17.1 Å². The second kappa shape index (κ2) is 4.29. The number of para-hydroxylation sites is 1. The molecule has 2 N–H and O–H groups in total. The van der Waals surface area contributed by atoms with Crippen LogP contribution >= 0.6 is 0 Å². The van der Waals surface area contributed by atoms with Crippen LogP contribution in [-0.2, 0) is 0 Å². The molecule has 88 valence electrons. The summed E-state index contributed by atoms with van der Waals surface area (Å²) in [5, 5.41) is 4.29. The predicted molar refractivity (Wildman–Crippen MR) is 69.0 cm³/mol. The minimum absolute atomic E-state index is 0.451. The summed E-state index contributed by atoms with van der Waals surface area (Å²) in [6, 6.07) is 11.5. The molecule has 0 unspecified atom stereocenters. The molecule has 5 heteroatoms. The van der Waals surface area contributed by atoms with Crippen LogP contribution < -0.4 is 5.73 Å². The maximum Gasteiger partial charge on any atom is 0.164 e. The molecular formula is C13H11N5. The van der Waals surface area contributed by atoms with Crippen LogP contribution in [0.25, 0.3) is 17.1 Å². The van der Waals surface area contributed by atoms with Gasteiger partial charge in [0.2, 0.25) is 0 Å². The van der Waals surface area contributed by atoms with Crippen LogP contribution in [0.15, 0.2) is 55.0 Å². The van der Waals surface area contributed by atoms with Crippen LogP contribution in [0, 0.1) is 0 Å². The summed E-state index contributed by atoms with van der Waals surface area (Å²) in [4.78, 5) is 8.34. The fourth-order valence-corrected chi connectivity index (χ4v) is 1.67. The third kappa shape index (κ3) is 1.93. The molecule has 3 aromatic rings. The van der Waals surface area contributed by atoms with Crippen molar-refractivity contribution < 1.29 is 0 Å². The molecular weight excluding hydrogens is 226 g/mol. The largest absolute Gasteiger partial charge is 0.384 e. The summed E-state index contributed by atoms with van der Waals surface area (Å²) in [7, 11) is 0. The van der Waals surface area contributed by atoms with Gasteiger partial charge in [0, 0.05) is 12.4 Å². The first kappa shape index (κ1) is 10.5. The smallest absolute Gasteiger partial charge is 0.164 e. The Labute approximate surface area is 104 Å². The van der Waals surface area contributed by atoms with Gasteiger partial charge < -0.3 is 5.73 Å². The lowest BCUT2D eigenvalue weighted by molar-refractivity contribution is 0.880. The molecule has 18 heavy (non-hydrogen) atoms. The van der Waals surface area contributed by atoms with Crippen molar-refractivity contribution >= 4 is 5.82 Å². The average Bonchev–Trinajstić information content (AvgIpc) is 2.89. The number of nitrogens with zero attached hydrogens (tertiary/aromatic N) is 4. The molecule has 0 bridgehead atoms. The minimum Gasteiger partial charge on any atom is -0.384 e. The lowest BCUT2D eigenvalue weighted by Gasteiger charge is -1.99. The molecule has 0 amide bonds. The molecule has 5 nitrogen and oxygen atoms in total. The number of hydrogen-bond donors (Lipinski definition) is 1. The van der Waals surface area contributed by atoms with Crippen LogP contribution in [0.1, 0.15) is 0 Å². The van der Waals surface area contributed by atoms with Crippen LogP contribution in [0.5, 0.6) is 0 Å². The lowest BCUT2D eigenvalue weighted by atomic mass is 10.3. The van der Waals surface area contributed by atoms with Crippen molar-refractivity contribution in [2.75, 3.05) is 5.73 Å². The van der Waals surface area contributed by atoms with Gasteiger partial charge in [0.1, 0.15) is 5.82 Å². The highest BCUT2D eigenvalue weighted by atomic mass is 15.3. The Hall–Kier alpha value is -2.69. The minimum atomic E-state index is 0.451. The molecule has 0 radical (unpaired) electrons. The van der Waals surface area contributed by atoms with Gasteiger partial charge in [-0.25, -0.2) is 14.6 Å². The van der Waals surface area contributed by atoms with E-state index in [4.69, 9.17) is 5.73 Å². The third-order valence-electron chi connectivity index (χ3n) is 2.54. The Morgan fingerprint density at radius 2 is 1.89 bits per heavy atom. The number of anilines is 1. The Kier molecular flexibility index (Phi) is 2.49. The summed E-state index contributed by atoms with van der Waals surface area (Å²) in [5.74, 6) is 1.03. The van der Waals surface area contributed by atoms with Crippen LogP contribution in [-0.4, -0.2) is 19.7 Å². The monoisotopic (exact) mass is 237 g/mol. The topological polar surface area (TPSA) is 69.6 Å². The van der Waals surface area contributed by atoms with Crippen molar-refractivity contribution in [3.05, 3.63) is 55.0 Å². The first-order chi connectivity index (χ1) is 8.83. The molecule has 0 saturated heterocycles. The van der Waals surface area contributed by atoms with Gasteiger partial charge >= 0.3 is 0 Å². The van der Waals surface area contributed by atoms with Gasteiger partial charge in [-0.15, -0.1) is 0 Å². The quantitative estimate of drug-likeness (QED) is 0.739. The number of benzene rings is 1. The van der Waals surface area contributed by atoms with E-state index in [1.165, 1.54) is 0 Å². The van der Waals surface area contributed by atoms with E-state index in [-0.39, 0.29) is 0 Å². The van der Waals surface area contributed by atoms with Crippen molar-refractivity contribution in [1.29, 1.82) is 0 Å². The molecule has 0 aliphatic heterocycles. The standard InChI is InChI=1S/C13H11N5/c14-12-6-7-15-13(17-12)10-8-16-18(9-10)11-4-2-1-3-5-11/h1-9H,(H2,14,15,17). The summed E-state index contributed by atoms with van der Waals surface area (Å²) >= 11 is 0. The molecule has 2 aromatic heterocycles. The van der Waals surface area contributed by atoms with Gasteiger partial charge in [0.15, 0.2) is 5.82 Å². The lowest BCUT2D eigenvalue weighted by Crippen LogP contribution is -1.94. The molecule has 0 atom stereocenters. The number of nitrogens with two attached hydrogens (primary N) is 1. The van der Waals surface area contributed by atoms with Gasteiger partial charge in [-0.1, -0.05) is 18.2 Å². The molecule has 0 aliphatic carbocycles. The van der Waals surface area contributed by atoms with E-state index < -0.39 is 0 Å². The molecule has 0 fully saturated rings. The Morgan fingerprint density at radius 3 is 2.67 bits per heavy atom. The van der Waals surface area contributed by atoms with E-state index in [0.29, 0.717) is 11.6 Å². The summed E-state index contributed by atoms with van der Waals surface area (Å²) < 4.78 is 1.78. The molecule has 2 heterocycles. The second-order valence-electron chi connectivity index (χ2n) is 3.81. The normalized spacial score (nSPS) is 10.4. The first-order valence-electron chi connectivity index (χ1n) is 5.52. The van der Waals surface area contributed by atoms with Crippen LogP contribution in [0.2, 0.25) is 0 Å². The molecule has 1 aromatic carbocycles. The number of nitrogen functional groups attached to an aromatic ring is 1. The van der Waals surface area contributed by atoms with E-state index in [1.807, 2.05) is 36.5 Å². The average molecular weight is 237 g/mol. The summed E-state index contributed by atoms with van der Waals surface area (Å²) in [6.07, 6.45) is 5.24. The maximum absolute atomic E-state index is 5.64. The molecule has 3 rings (SSSR count).